The molecule has 0 aliphatic heterocycles. The van der Waals surface area contributed by atoms with Gasteiger partial charge in [0.05, 0.1) is 0 Å². The largest absolute Gasteiger partial charge is 0.295 e. The maximum atomic E-state index is 11.3. The van der Waals surface area contributed by atoms with E-state index in [9.17, 15) is 4.79 Å². The first kappa shape index (κ1) is 16.1. The summed E-state index contributed by atoms with van der Waals surface area (Å²) in [6.45, 7) is 4.34. The van der Waals surface area contributed by atoms with Crippen LogP contribution in [0.4, 0.5) is 0 Å². The highest BCUT2D eigenvalue weighted by atomic mass is 16.1. The van der Waals surface area contributed by atoms with Crippen molar-refractivity contribution in [2.45, 2.75) is 71.6 Å². The van der Waals surface area contributed by atoms with E-state index in [1.807, 2.05) is 12.2 Å². The van der Waals surface area contributed by atoms with Gasteiger partial charge in [0.1, 0.15) is 0 Å². The van der Waals surface area contributed by atoms with Gasteiger partial charge in [-0.05, 0) is 25.3 Å². The van der Waals surface area contributed by atoms with Crippen molar-refractivity contribution < 1.29 is 4.79 Å². The lowest BCUT2D eigenvalue weighted by Crippen LogP contribution is -1.90. The molecule has 0 saturated carbocycles. The van der Waals surface area contributed by atoms with Crippen molar-refractivity contribution in [2.24, 2.45) is 0 Å². The first-order valence-electron chi connectivity index (χ1n) is 7.17. The maximum absolute atomic E-state index is 11.3. The van der Waals surface area contributed by atoms with Crippen LogP contribution in [-0.2, 0) is 4.79 Å². The van der Waals surface area contributed by atoms with Crippen molar-refractivity contribution in [1.29, 1.82) is 0 Å². The molecule has 0 aliphatic rings. The highest BCUT2D eigenvalue weighted by Gasteiger charge is 1.92. The Morgan fingerprint density at radius 2 is 1.59 bits per heavy atom. The summed E-state index contributed by atoms with van der Waals surface area (Å²) in [5, 5.41) is 0. The Morgan fingerprint density at radius 1 is 0.882 bits per heavy atom. The molecule has 17 heavy (non-hydrogen) atoms. The van der Waals surface area contributed by atoms with Crippen molar-refractivity contribution in [1.82, 2.24) is 0 Å². The molecular weight excluding hydrogens is 208 g/mol. The fourth-order valence-corrected chi connectivity index (χ4v) is 1.64. The fourth-order valence-electron chi connectivity index (χ4n) is 1.64. The maximum Gasteiger partial charge on any atom is 0.155 e. The molecule has 0 aromatic carbocycles. The van der Waals surface area contributed by atoms with E-state index in [1.54, 1.807) is 6.08 Å². The molecule has 98 valence electrons. The van der Waals surface area contributed by atoms with Crippen LogP contribution >= 0.6 is 0 Å². The van der Waals surface area contributed by atoms with Gasteiger partial charge >= 0.3 is 0 Å². The summed E-state index contributed by atoms with van der Waals surface area (Å²) >= 11 is 0. The number of rotatable bonds is 11. The van der Waals surface area contributed by atoms with E-state index in [1.165, 1.54) is 32.1 Å². The zero-order valence-electron chi connectivity index (χ0n) is 11.6. The molecule has 0 radical (unpaired) electrons. The number of unbranched alkanes of at least 4 members (excludes halogenated alkanes) is 6. The molecule has 0 aromatic rings. The third kappa shape index (κ3) is 13.1. The normalized spacial score (nSPS) is 11.6. The SMILES string of the molecule is CCCCCCCC=CC=CC(=O)CCCC. The van der Waals surface area contributed by atoms with E-state index in [2.05, 4.69) is 19.9 Å². The van der Waals surface area contributed by atoms with Gasteiger partial charge in [-0.1, -0.05) is 64.2 Å². The van der Waals surface area contributed by atoms with Gasteiger partial charge in [0.15, 0.2) is 5.78 Å². The first-order valence-corrected chi connectivity index (χ1v) is 7.17. The van der Waals surface area contributed by atoms with Crippen LogP contribution in [0.3, 0.4) is 0 Å². The van der Waals surface area contributed by atoms with Gasteiger partial charge in [0.2, 0.25) is 0 Å². The molecule has 1 heteroatoms. The van der Waals surface area contributed by atoms with E-state index in [0.717, 1.165) is 19.3 Å². The zero-order chi connectivity index (χ0) is 12.8. The molecule has 0 saturated heterocycles. The van der Waals surface area contributed by atoms with Gasteiger partial charge in [-0.3, -0.25) is 4.79 Å². The Balaban J connectivity index is 3.39. The van der Waals surface area contributed by atoms with Crippen molar-refractivity contribution in [3.63, 3.8) is 0 Å². The molecule has 0 atom stereocenters. The van der Waals surface area contributed by atoms with Crippen LogP contribution in [0.1, 0.15) is 71.6 Å². The monoisotopic (exact) mass is 236 g/mol. The molecule has 0 N–H and O–H groups in total. The minimum Gasteiger partial charge on any atom is -0.295 e. The summed E-state index contributed by atoms with van der Waals surface area (Å²) in [5.41, 5.74) is 0. The number of ketones is 1. The first-order chi connectivity index (χ1) is 8.31. The van der Waals surface area contributed by atoms with Crippen molar-refractivity contribution in [3.8, 4) is 0 Å². The van der Waals surface area contributed by atoms with Crippen molar-refractivity contribution in [2.75, 3.05) is 0 Å². The standard InChI is InChI=1S/C16H28O/c1-3-5-7-8-9-10-11-12-13-15-16(17)14-6-4-2/h11-13,15H,3-10,14H2,1-2H3. The molecule has 0 aromatic heterocycles. The Morgan fingerprint density at radius 3 is 2.29 bits per heavy atom. The molecule has 0 bridgehead atoms. The molecular formula is C16H28O. The summed E-state index contributed by atoms with van der Waals surface area (Å²) in [6, 6.07) is 0. The molecule has 0 rings (SSSR count). The summed E-state index contributed by atoms with van der Waals surface area (Å²) in [6.07, 6.45) is 18.3. The van der Waals surface area contributed by atoms with E-state index >= 15 is 0 Å². The van der Waals surface area contributed by atoms with Gasteiger partial charge in [-0.2, -0.15) is 0 Å². The molecule has 0 amide bonds. The predicted molar refractivity (Wildman–Crippen MR) is 76.2 cm³/mol. The smallest absolute Gasteiger partial charge is 0.155 e. The van der Waals surface area contributed by atoms with Crippen LogP contribution in [0.2, 0.25) is 0 Å². The average Bonchev–Trinajstić information content (AvgIpc) is 2.34. The molecule has 0 fully saturated rings. The fraction of sp³-hybridized carbons (Fsp3) is 0.688. The quantitative estimate of drug-likeness (QED) is 0.273. The van der Waals surface area contributed by atoms with E-state index < -0.39 is 0 Å². The summed E-state index contributed by atoms with van der Waals surface area (Å²) < 4.78 is 0. The topological polar surface area (TPSA) is 17.1 Å². The van der Waals surface area contributed by atoms with Gasteiger partial charge in [0.25, 0.3) is 0 Å². The lowest BCUT2D eigenvalue weighted by atomic mass is 10.1. The minimum absolute atomic E-state index is 0.249. The van der Waals surface area contributed by atoms with Crippen LogP contribution in [0, 0.1) is 0 Å². The highest BCUT2D eigenvalue weighted by Crippen LogP contribution is 2.05. The van der Waals surface area contributed by atoms with E-state index in [-0.39, 0.29) is 5.78 Å². The second kappa shape index (κ2) is 13.2. The Bertz CT molecular complexity index is 226. The molecule has 0 spiro atoms. The average molecular weight is 236 g/mol. The van der Waals surface area contributed by atoms with Gasteiger partial charge < -0.3 is 0 Å². The Kier molecular flexibility index (Phi) is 12.6. The van der Waals surface area contributed by atoms with Gasteiger partial charge in [0, 0.05) is 6.42 Å². The lowest BCUT2D eigenvalue weighted by molar-refractivity contribution is -0.114. The number of carbonyl (C=O) groups excluding carboxylic acids is 1. The molecule has 0 unspecified atom stereocenters. The minimum atomic E-state index is 0.249. The summed E-state index contributed by atoms with van der Waals surface area (Å²) in [5.74, 6) is 0.249. The Hall–Kier alpha value is -0.850. The van der Waals surface area contributed by atoms with Crippen LogP contribution in [0.25, 0.3) is 0 Å². The van der Waals surface area contributed by atoms with Crippen LogP contribution in [0.5, 0.6) is 0 Å². The summed E-state index contributed by atoms with van der Waals surface area (Å²) in [4.78, 5) is 11.3. The van der Waals surface area contributed by atoms with Crippen LogP contribution in [0.15, 0.2) is 24.3 Å². The second-order valence-corrected chi connectivity index (χ2v) is 4.56. The predicted octanol–water partition coefficient (Wildman–Crippen LogP) is 5.22. The Labute approximate surface area is 107 Å². The second-order valence-electron chi connectivity index (χ2n) is 4.56. The van der Waals surface area contributed by atoms with Crippen molar-refractivity contribution in [3.05, 3.63) is 24.3 Å². The number of carbonyl (C=O) groups is 1. The number of hydrogen-bond acceptors (Lipinski definition) is 1. The third-order valence-electron chi connectivity index (χ3n) is 2.78. The molecule has 1 nitrogen and oxygen atoms in total. The lowest BCUT2D eigenvalue weighted by Gasteiger charge is -1.95. The summed E-state index contributed by atoms with van der Waals surface area (Å²) in [7, 11) is 0. The number of allylic oxidation sites excluding steroid dienone is 4. The van der Waals surface area contributed by atoms with Gasteiger partial charge in [-0.15, -0.1) is 0 Å². The molecule has 0 heterocycles. The number of hydrogen-bond donors (Lipinski definition) is 0. The van der Waals surface area contributed by atoms with Crippen LogP contribution < -0.4 is 0 Å². The van der Waals surface area contributed by atoms with Crippen LogP contribution in [-0.4, -0.2) is 5.78 Å². The van der Waals surface area contributed by atoms with E-state index in [4.69, 9.17) is 0 Å². The zero-order valence-corrected chi connectivity index (χ0v) is 11.6. The highest BCUT2D eigenvalue weighted by molar-refractivity contribution is 5.89. The van der Waals surface area contributed by atoms with Gasteiger partial charge in [-0.25, -0.2) is 0 Å². The third-order valence-corrected chi connectivity index (χ3v) is 2.78. The van der Waals surface area contributed by atoms with Crippen molar-refractivity contribution >= 4 is 5.78 Å². The molecule has 0 aliphatic carbocycles. The van der Waals surface area contributed by atoms with E-state index in [0.29, 0.717) is 6.42 Å².